The van der Waals surface area contributed by atoms with Crippen LogP contribution in [0.2, 0.25) is 0 Å². The summed E-state index contributed by atoms with van der Waals surface area (Å²) in [6, 6.07) is 9.76. The van der Waals surface area contributed by atoms with Gasteiger partial charge in [-0.2, -0.15) is 0 Å². The Balaban J connectivity index is 1.33. The summed E-state index contributed by atoms with van der Waals surface area (Å²) >= 11 is 0. The zero-order valence-corrected chi connectivity index (χ0v) is 22.0. The van der Waals surface area contributed by atoms with Crippen molar-refractivity contribution in [2.24, 2.45) is 0 Å². The molecule has 42 heavy (non-hydrogen) atoms. The molecule has 0 unspecified atom stereocenters. The maximum atomic E-state index is 15.0. The second-order valence-corrected chi connectivity index (χ2v) is 9.09. The number of benzene rings is 2. The molecule has 0 atom stereocenters. The number of morpholine rings is 1. The van der Waals surface area contributed by atoms with Crippen LogP contribution in [0, 0.1) is 23.5 Å². The standard InChI is InChI=1S/C29H24F2N6O5/c30-18-3-6-20(7-4-18)37-28(39)22(17-34-29(37)40)27(38)35-19-5-8-25(23(31)16-19)42-24-9-10-33-26(32)21(24)2-1-11-36-12-14-41-15-13-36/h3-10,16-17H,11-15H2,(H2,32,33)(H,34,40)(H,35,38). The van der Waals surface area contributed by atoms with Crippen molar-refractivity contribution in [3.05, 3.63) is 105 Å². The quantitative estimate of drug-likeness (QED) is 0.298. The van der Waals surface area contributed by atoms with Gasteiger partial charge in [0.2, 0.25) is 0 Å². The highest BCUT2D eigenvalue weighted by Gasteiger charge is 2.18. The van der Waals surface area contributed by atoms with E-state index < -0.39 is 34.4 Å². The van der Waals surface area contributed by atoms with Crippen molar-refractivity contribution in [2.45, 2.75) is 0 Å². The second kappa shape index (κ2) is 12.5. The Morgan fingerprint density at radius 2 is 1.86 bits per heavy atom. The number of nitrogens with one attached hydrogen (secondary N) is 2. The molecule has 4 N–H and O–H groups in total. The van der Waals surface area contributed by atoms with Gasteiger partial charge < -0.3 is 25.5 Å². The van der Waals surface area contributed by atoms with E-state index in [1.807, 2.05) is 0 Å². The first-order valence-electron chi connectivity index (χ1n) is 12.7. The first-order valence-corrected chi connectivity index (χ1v) is 12.7. The number of aromatic amines is 1. The molecule has 1 fully saturated rings. The molecule has 2 aromatic heterocycles. The average Bonchev–Trinajstić information content (AvgIpc) is 2.97. The lowest BCUT2D eigenvalue weighted by Gasteiger charge is -2.24. The number of carbonyl (C=O) groups is 1. The first-order chi connectivity index (χ1) is 20.3. The molecule has 4 aromatic rings. The van der Waals surface area contributed by atoms with Crippen molar-refractivity contribution < 1.29 is 23.0 Å². The van der Waals surface area contributed by atoms with Gasteiger partial charge in [0, 0.05) is 43.3 Å². The summed E-state index contributed by atoms with van der Waals surface area (Å²) in [5, 5.41) is 2.42. The highest BCUT2D eigenvalue weighted by atomic mass is 19.1. The zero-order chi connectivity index (χ0) is 29.6. The number of rotatable bonds is 6. The number of ether oxygens (including phenoxy) is 2. The molecule has 1 aliphatic rings. The Hall–Kier alpha value is -5.32. The van der Waals surface area contributed by atoms with E-state index in [0.29, 0.717) is 29.9 Å². The van der Waals surface area contributed by atoms with E-state index in [9.17, 15) is 18.8 Å². The largest absolute Gasteiger partial charge is 0.453 e. The van der Waals surface area contributed by atoms with Crippen molar-refractivity contribution in [1.29, 1.82) is 0 Å². The lowest BCUT2D eigenvalue weighted by Crippen LogP contribution is -2.38. The molecule has 0 spiro atoms. The number of nitrogen functional groups attached to an aromatic ring is 1. The van der Waals surface area contributed by atoms with Gasteiger partial charge in [-0.3, -0.25) is 14.5 Å². The number of hydrogen-bond acceptors (Lipinski definition) is 8. The summed E-state index contributed by atoms with van der Waals surface area (Å²) in [4.78, 5) is 46.5. The van der Waals surface area contributed by atoms with E-state index in [1.165, 1.54) is 36.5 Å². The number of nitrogens with two attached hydrogens (primary N) is 1. The summed E-state index contributed by atoms with van der Waals surface area (Å²) in [5.41, 5.74) is 4.20. The first kappa shape index (κ1) is 28.2. The van der Waals surface area contributed by atoms with Gasteiger partial charge in [-0.1, -0.05) is 11.8 Å². The van der Waals surface area contributed by atoms with Crippen LogP contribution < -0.4 is 27.0 Å². The lowest BCUT2D eigenvalue weighted by molar-refractivity contribution is 0.0443. The predicted molar refractivity (Wildman–Crippen MR) is 150 cm³/mol. The lowest BCUT2D eigenvalue weighted by atomic mass is 10.2. The van der Waals surface area contributed by atoms with E-state index in [4.69, 9.17) is 15.2 Å². The van der Waals surface area contributed by atoms with Crippen LogP contribution in [0.4, 0.5) is 20.3 Å². The van der Waals surface area contributed by atoms with Gasteiger partial charge in [0.1, 0.15) is 28.5 Å². The number of carbonyl (C=O) groups excluding carboxylic acids is 1. The molecule has 214 valence electrons. The third-order valence-corrected chi connectivity index (χ3v) is 6.28. The number of pyridine rings is 1. The molecule has 0 saturated carbocycles. The number of H-pyrrole nitrogens is 1. The monoisotopic (exact) mass is 574 g/mol. The van der Waals surface area contributed by atoms with E-state index in [0.717, 1.165) is 37.5 Å². The Morgan fingerprint density at radius 1 is 1.10 bits per heavy atom. The molecule has 5 rings (SSSR count). The Kier molecular flexibility index (Phi) is 8.37. The van der Waals surface area contributed by atoms with Gasteiger partial charge in [0.15, 0.2) is 11.6 Å². The van der Waals surface area contributed by atoms with Gasteiger partial charge in [-0.15, -0.1) is 0 Å². The van der Waals surface area contributed by atoms with E-state index in [1.54, 1.807) is 0 Å². The van der Waals surface area contributed by atoms with E-state index in [-0.39, 0.29) is 28.7 Å². The van der Waals surface area contributed by atoms with Crippen LogP contribution in [0.3, 0.4) is 0 Å². The van der Waals surface area contributed by atoms with Gasteiger partial charge in [0.25, 0.3) is 11.5 Å². The highest BCUT2D eigenvalue weighted by molar-refractivity contribution is 6.03. The Bertz CT molecular complexity index is 1800. The minimum absolute atomic E-state index is 0.0172. The molecule has 2 aromatic carbocycles. The highest BCUT2D eigenvalue weighted by Crippen LogP contribution is 2.30. The predicted octanol–water partition coefficient (Wildman–Crippen LogP) is 2.51. The minimum atomic E-state index is -0.944. The fourth-order valence-electron chi connectivity index (χ4n) is 4.11. The maximum absolute atomic E-state index is 15.0. The topological polar surface area (TPSA) is 145 Å². The zero-order valence-electron chi connectivity index (χ0n) is 22.0. The molecule has 0 bridgehead atoms. The summed E-state index contributed by atoms with van der Waals surface area (Å²) in [5.74, 6) is 3.86. The third-order valence-electron chi connectivity index (χ3n) is 6.28. The van der Waals surface area contributed by atoms with Crippen LogP contribution >= 0.6 is 0 Å². The number of aromatic nitrogens is 3. The van der Waals surface area contributed by atoms with E-state index >= 15 is 4.39 Å². The second-order valence-electron chi connectivity index (χ2n) is 9.09. The fourth-order valence-corrected chi connectivity index (χ4v) is 4.11. The number of hydrogen-bond donors (Lipinski definition) is 3. The van der Waals surface area contributed by atoms with Crippen molar-refractivity contribution in [2.75, 3.05) is 43.9 Å². The Morgan fingerprint density at radius 3 is 2.60 bits per heavy atom. The molecule has 11 nitrogen and oxygen atoms in total. The van der Waals surface area contributed by atoms with Crippen molar-refractivity contribution in [3.8, 4) is 29.0 Å². The van der Waals surface area contributed by atoms with Crippen LogP contribution in [-0.2, 0) is 4.74 Å². The van der Waals surface area contributed by atoms with Crippen molar-refractivity contribution >= 4 is 17.4 Å². The fraction of sp³-hybridized carbons (Fsp3) is 0.172. The van der Waals surface area contributed by atoms with Gasteiger partial charge in [0.05, 0.1) is 25.4 Å². The van der Waals surface area contributed by atoms with Crippen LogP contribution in [0.1, 0.15) is 15.9 Å². The molecular formula is C29H24F2N6O5. The van der Waals surface area contributed by atoms with E-state index in [2.05, 4.69) is 32.0 Å². The summed E-state index contributed by atoms with van der Waals surface area (Å²) in [6.07, 6.45) is 2.36. The molecule has 1 saturated heterocycles. The SMILES string of the molecule is Nc1nccc(Oc2ccc(NC(=O)c3c[nH]c(=O)n(-c4ccc(F)cc4)c3=O)cc2F)c1C#CCN1CCOCC1. The third kappa shape index (κ3) is 6.35. The normalized spacial score (nSPS) is 13.2. The van der Waals surface area contributed by atoms with Crippen molar-refractivity contribution in [3.63, 3.8) is 0 Å². The molecule has 1 amide bonds. The van der Waals surface area contributed by atoms with Crippen LogP contribution in [0.25, 0.3) is 5.69 Å². The number of anilines is 2. The summed E-state index contributed by atoms with van der Waals surface area (Å²) < 4.78 is 40.1. The molecule has 0 radical (unpaired) electrons. The molecule has 3 heterocycles. The molecular weight excluding hydrogens is 550 g/mol. The van der Waals surface area contributed by atoms with Gasteiger partial charge >= 0.3 is 5.69 Å². The number of halogens is 2. The van der Waals surface area contributed by atoms with Crippen LogP contribution in [0.5, 0.6) is 11.5 Å². The van der Waals surface area contributed by atoms with Gasteiger partial charge in [-0.25, -0.2) is 23.1 Å². The molecule has 1 aliphatic heterocycles. The van der Waals surface area contributed by atoms with Crippen LogP contribution in [-0.4, -0.2) is 58.2 Å². The smallest absolute Gasteiger partial charge is 0.333 e. The average molecular weight is 575 g/mol. The number of nitrogens with zero attached hydrogens (tertiary/aromatic N) is 3. The summed E-state index contributed by atoms with van der Waals surface area (Å²) in [7, 11) is 0. The van der Waals surface area contributed by atoms with Gasteiger partial charge in [-0.05, 0) is 36.4 Å². The van der Waals surface area contributed by atoms with Crippen molar-refractivity contribution in [1.82, 2.24) is 19.4 Å². The molecule has 0 aliphatic carbocycles. The Labute approximate surface area is 237 Å². The molecule has 13 heteroatoms. The minimum Gasteiger partial charge on any atom is -0.453 e. The maximum Gasteiger partial charge on any atom is 0.333 e. The van der Waals surface area contributed by atoms with Crippen LogP contribution in [0.15, 0.2) is 70.5 Å². The number of amides is 1. The summed E-state index contributed by atoms with van der Waals surface area (Å²) in [6.45, 7) is 3.30.